The average molecular weight is 394 g/mol. The van der Waals surface area contributed by atoms with Crippen molar-refractivity contribution in [3.05, 3.63) is 56.6 Å². The minimum atomic E-state index is -4.56. The number of rotatable bonds is 5. The zero-order valence-electron chi connectivity index (χ0n) is 12.3. The molecule has 0 radical (unpaired) electrons. The van der Waals surface area contributed by atoms with E-state index in [1.54, 1.807) is 0 Å². The van der Waals surface area contributed by atoms with Crippen LogP contribution in [0, 0.1) is 17.0 Å². The Balaban J connectivity index is 2.42. The Labute approximate surface area is 145 Å². The molecule has 0 spiro atoms. The molecule has 0 atom stereocenters. The van der Waals surface area contributed by atoms with Crippen molar-refractivity contribution in [3.63, 3.8) is 0 Å². The largest absolute Gasteiger partial charge is 0.455 e. The van der Waals surface area contributed by atoms with Gasteiger partial charge in [-0.05, 0) is 30.7 Å². The van der Waals surface area contributed by atoms with Crippen molar-refractivity contribution >= 4 is 26.0 Å². The molecule has 132 valence electrons. The van der Waals surface area contributed by atoms with Crippen LogP contribution in [0.25, 0.3) is 0 Å². The third kappa shape index (κ3) is 4.37. The average Bonchev–Trinajstić information content (AvgIpc) is 2.51. The number of ether oxygens (including phenoxy) is 1. The van der Waals surface area contributed by atoms with Crippen LogP contribution in [0.15, 0.2) is 30.3 Å². The highest BCUT2D eigenvalue weighted by Crippen LogP contribution is 2.40. The molecule has 0 saturated carbocycles. The smallest absolute Gasteiger partial charge is 0.416 e. The van der Waals surface area contributed by atoms with Crippen LogP contribution in [-0.4, -0.2) is 4.92 Å². The van der Waals surface area contributed by atoms with Gasteiger partial charge in [0.15, 0.2) is 0 Å². The lowest BCUT2D eigenvalue weighted by Crippen LogP contribution is -2.04. The topological polar surface area (TPSA) is 78.7 Å². The fourth-order valence-electron chi connectivity index (χ4n) is 1.90. The second-order valence-electron chi connectivity index (χ2n) is 4.75. The van der Waals surface area contributed by atoms with Gasteiger partial charge in [-0.25, -0.2) is 4.57 Å². The summed E-state index contributed by atoms with van der Waals surface area (Å²) in [5.41, 5.74) is -1.08. The van der Waals surface area contributed by atoms with Gasteiger partial charge in [0.05, 0.1) is 15.5 Å². The first-order valence-electron chi connectivity index (χ1n) is 6.46. The van der Waals surface area contributed by atoms with Gasteiger partial charge in [-0.1, -0.05) is 11.6 Å². The fourth-order valence-corrected chi connectivity index (χ4v) is 2.34. The van der Waals surface area contributed by atoms with Crippen molar-refractivity contribution in [2.24, 2.45) is 0 Å². The number of benzene rings is 2. The first kappa shape index (κ1) is 19.0. The molecule has 0 amide bonds. The Morgan fingerprint density at radius 3 is 2.36 bits per heavy atom. The minimum absolute atomic E-state index is 0.0471. The van der Waals surface area contributed by atoms with E-state index in [4.69, 9.17) is 16.3 Å². The first-order valence-corrected chi connectivity index (χ1v) is 7.57. The van der Waals surface area contributed by atoms with Crippen LogP contribution >= 0.6 is 20.3 Å². The summed E-state index contributed by atoms with van der Waals surface area (Å²) in [6, 6.07) is 4.74. The van der Waals surface area contributed by atoms with Gasteiger partial charge >= 0.3 is 20.6 Å². The van der Waals surface area contributed by atoms with Crippen LogP contribution in [-0.2, 0) is 10.7 Å². The molecule has 25 heavy (non-hydrogen) atoms. The first-order chi connectivity index (χ1) is 11.6. The zero-order chi connectivity index (χ0) is 18.8. The van der Waals surface area contributed by atoms with Crippen LogP contribution in [0.5, 0.6) is 17.2 Å². The molecule has 0 saturated heterocycles. The summed E-state index contributed by atoms with van der Waals surface area (Å²) in [5, 5.41) is 10.7. The predicted octanol–water partition coefficient (Wildman–Crippen LogP) is 5.95. The highest BCUT2D eigenvalue weighted by atomic mass is 35.5. The molecule has 6 nitrogen and oxygen atoms in total. The van der Waals surface area contributed by atoms with Crippen LogP contribution in [0.2, 0.25) is 5.02 Å². The van der Waals surface area contributed by atoms with Gasteiger partial charge in [-0.2, -0.15) is 13.2 Å². The third-order valence-corrected chi connectivity index (χ3v) is 3.63. The van der Waals surface area contributed by atoms with Gasteiger partial charge in [0, 0.05) is 12.1 Å². The number of hydrogen-bond donors (Lipinski definition) is 0. The zero-order valence-corrected chi connectivity index (χ0v) is 14.0. The lowest BCUT2D eigenvalue weighted by Gasteiger charge is -2.13. The summed E-state index contributed by atoms with van der Waals surface area (Å²) in [4.78, 5) is 10.2. The van der Waals surface area contributed by atoms with Gasteiger partial charge in [-0.15, -0.1) is 0 Å². The Morgan fingerprint density at radius 2 is 1.84 bits per heavy atom. The maximum atomic E-state index is 12.6. The molecular weight excluding hydrogens is 386 g/mol. The van der Waals surface area contributed by atoms with E-state index in [0.29, 0.717) is 11.6 Å². The molecule has 0 aliphatic rings. The summed E-state index contributed by atoms with van der Waals surface area (Å²) >= 11 is 5.80. The van der Waals surface area contributed by atoms with E-state index in [2.05, 4.69) is 4.52 Å². The highest BCUT2D eigenvalue weighted by Gasteiger charge is 2.31. The van der Waals surface area contributed by atoms with E-state index >= 15 is 0 Å². The van der Waals surface area contributed by atoms with Crippen LogP contribution in [0.1, 0.15) is 11.1 Å². The summed E-state index contributed by atoms with van der Waals surface area (Å²) in [6.07, 6.45) is -4.56. The number of alkyl halides is 3. The molecular formula is C14H8ClF3NO5P. The van der Waals surface area contributed by atoms with E-state index in [9.17, 15) is 27.9 Å². The Kier molecular flexibility index (Phi) is 5.49. The highest BCUT2D eigenvalue weighted by molar-refractivity contribution is 7.17. The standard InChI is InChI=1S/C14H8ClF3NO5P/c1-7-4-10(19(20)21)13(24-25-22)6-12(7)23-11-3-2-8(5-9(11)15)14(16,17)18/h2-6H,1H3. The quantitative estimate of drug-likeness (QED) is 0.356. The molecule has 2 aromatic carbocycles. The molecule has 0 unspecified atom stereocenters. The molecule has 0 heterocycles. The van der Waals surface area contributed by atoms with Gasteiger partial charge in [0.1, 0.15) is 11.5 Å². The van der Waals surface area contributed by atoms with Gasteiger partial charge in [0.25, 0.3) is 0 Å². The van der Waals surface area contributed by atoms with Gasteiger partial charge in [-0.3, -0.25) is 10.1 Å². The van der Waals surface area contributed by atoms with Gasteiger partial charge < -0.3 is 9.26 Å². The van der Waals surface area contributed by atoms with Crippen LogP contribution in [0.3, 0.4) is 0 Å². The van der Waals surface area contributed by atoms with Crippen LogP contribution in [0.4, 0.5) is 18.9 Å². The van der Waals surface area contributed by atoms with E-state index in [0.717, 1.165) is 24.3 Å². The number of halogens is 4. The SMILES string of the molecule is Cc1cc([N+](=O)[O-])c(OP=O)cc1Oc1ccc(C(F)(F)F)cc1Cl. The summed E-state index contributed by atoms with van der Waals surface area (Å²) < 4.78 is 58.5. The molecule has 0 bridgehead atoms. The van der Waals surface area contributed by atoms with E-state index in [1.807, 2.05) is 0 Å². The summed E-state index contributed by atoms with van der Waals surface area (Å²) in [7, 11) is -0.816. The van der Waals surface area contributed by atoms with Crippen LogP contribution < -0.4 is 9.26 Å². The van der Waals surface area contributed by atoms with E-state index in [-0.39, 0.29) is 22.3 Å². The maximum Gasteiger partial charge on any atom is 0.416 e. The van der Waals surface area contributed by atoms with Crippen molar-refractivity contribution in [1.82, 2.24) is 0 Å². The molecule has 0 fully saturated rings. The third-order valence-electron chi connectivity index (χ3n) is 3.07. The lowest BCUT2D eigenvalue weighted by atomic mass is 10.1. The second-order valence-corrected chi connectivity index (χ2v) is 5.49. The maximum absolute atomic E-state index is 12.6. The van der Waals surface area contributed by atoms with Crippen molar-refractivity contribution < 1.29 is 31.9 Å². The number of nitrogens with zero attached hydrogens (tertiary/aromatic N) is 1. The summed E-state index contributed by atoms with van der Waals surface area (Å²) in [6.45, 7) is 1.49. The van der Waals surface area contributed by atoms with E-state index < -0.39 is 31.0 Å². The Hall–Kier alpha value is -2.38. The fraction of sp³-hybridized carbons (Fsp3) is 0.143. The molecule has 2 rings (SSSR count). The molecule has 11 heteroatoms. The van der Waals surface area contributed by atoms with Crippen molar-refractivity contribution in [2.45, 2.75) is 13.1 Å². The number of aryl methyl sites for hydroxylation is 1. The molecule has 0 aliphatic heterocycles. The van der Waals surface area contributed by atoms with Crippen molar-refractivity contribution in [1.29, 1.82) is 0 Å². The normalized spacial score (nSPS) is 11.4. The number of hydrogen-bond acceptors (Lipinski definition) is 5. The Morgan fingerprint density at radius 1 is 1.16 bits per heavy atom. The monoisotopic (exact) mass is 393 g/mol. The van der Waals surface area contributed by atoms with Crippen molar-refractivity contribution in [2.75, 3.05) is 0 Å². The minimum Gasteiger partial charge on any atom is -0.455 e. The molecule has 0 aliphatic carbocycles. The second kappa shape index (κ2) is 7.25. The number of nitro benzene ring substituents is 1. The lowest BCUT2D eigenvalue weighted by molar-refractivity contribution is -0.385. The molecule has 0 N–H and O–H groups in total. The van der Waals surface area contributed by atoms with Gasteiger partial charge in [0.2, 0.25) is 5.75 Å². The van der Waals surface area contributed by atoms with E-state index in [1.165, 1.54) is 6.92 Å². The Bertz CT molecular complexity index is 844. The number of nitro groups is 1. The van der Waals surface area contributed by atoms with Crippen molar-refractivity contribution in [3.8, 4) is 17.2 Å². The predicted molar refractivity (Wildman–Crippen MR) is 82.6 cm³/mol. The molecule has 0 aromatic heterocycles. The molecule has 2 aromatic rings. The summed E-state index contributed by atoms with van der Waals surface area (Å²) in [5.74, 6) is -0.367.